The molecule has 0 aromatic heterocycles. The van der Waals surface area contributed by atoms with Crippen molar-refractivity contribution in [3.63, 3.8) is 0 Å². The number of aromatic carboxylic acids is 1. The maximum absolute atomic E-state index is 12.0. The number of rotatable bonds is 7. The molecule has 0 saturated carbocycles. The van der Waals surface area contributed by atoms with Gasteiger partial charge in [0.25, 0.3) is 0 Å². The average Bonchev–Trinajstić information content (AvgIpc) is 2.63. The highest BCUT2D eigenvalue weighted by Crippen LogP contribution is 2.21. The average molecular weight is 423 g/mol. The molecule has 0 saturated heterocycles. The third kappa shape index (κ3) is 8.16. The first-order valence-electron chi connectivity index (χ1n) is 8.45. The topological polar surface area (TPSA) is 69.6 Å². The Bertz CT molecular complexity index is 694. The molecular weight excluding hydrogens is 396 g/mol. The van der Waals surface area contributed by atoms with E-state index in [2.05, 4.69) is 21.2 Å². The van der Waals surface area contributed by atoms with Gasteiger partial charge in [-0.15, -0.1) is 0 Å². The normalized spacial score (nSPS) is 11.2. The first-order chi connectivity index (χ1) is 12.4. The van der Waals surface area contributed by atoms with Crippen molar-refractivity contribution in [2.75, 3.05) is 18.9 Å². The third-order valence-electron chi connectivity index (χ3n) is 3.24. The maximum Gasteiger partial charge on any atom is 0.337 e. The second-order valence-corrected chi connectivity index (χ2v) is 5.86. The van der Waals surface area contributed by atoms with Crippen LogP contribution in [0, 0.1) is 0 Å². The summed E-state index contributed by atoms with van der Waals surface area (Å²) >= 11 is 3.21. The summed E-state index contributed by atoms with van der Waals surface area (Å²) in [6, 6.07) is 4.67. The van der Waals surface area contributed by atoms with E-state index in [0.717, 1.165) is 12.2 Å². The van der Waals surface area contributed by atoms with E-state index in [0.29, 0.717) is 4.47 Å². The first-order valence-corrected chi connectivity index (χ1v) is 9.24. The highest BCUT2D eigenvalue weighted by molar-refractivity contribution is 9.10. The van der Waals surface area contributed by atoms with Crippen LogP contribution in [-0.2, 0) is 4.79 Å². The molecule has 0 fully saturated rings. The number of halogens is 1. The molecule has 0 atom stereocenters. The zero-order valence-corrected chi connectivity index (χ0v) is 17.5. The number of amides is 1. The van der Waals surface area contributed by atoms with Crippen molar-refractivity contribution in [2.45, 2.75) is 27.7 Å². The lowest BCUT2D eigenvalue weighted by molar-refractivity contribution is -0.111. The molecule has 0 radical (unpaired) electrons. The fourth-order valence-electron chi connectivity index (χ4n) is 1.87. The molecule has 1 aromatic rings. The number of likely N-dealkylation sites (N-methyl/N-ethyl adjacent to an activating group) is 1. The van der Waals surface area contributed by atoms with E-state index in [9.17, 15) is 14.7 Å². The van der Waals surface area contributed by atoms with Crippen LogP contribution in [0.2, 0.25) is 0 Å². The Morgan fingerprint density at radius 3 is 2.46 bits per heavy atom. The van der Waals surface area contributed by atoms with Gasteiger partial charge in [0, 0.05) is 29.8 Å². The maximum atomic E-state index is 12.0. The van der Waals surface area contributed by atoms with Gasteiger partial charge in [-0.2, -0.15) is 0 Å². The third-order valence-corrected chi connectivity index (χ3v) is 3.73. The second-order valence-electron chi connectivity index (χ2n) is 4.95. The van der Waals surface area contributed by atoms with E-state index in [-0.39, 0.29) is 11.3 Å². The zero-order valence-electron chi connectivity index (χ0n) is 15.9. The summed E-state index contributed by atoms with van der Waals surface area (Å²) in [4.78, 5) is 25.3. The standard InChI is InChI=1S/C18H21BrN2O3.C2H6/c1-4-7-14(21(3)5-2)8-6-9-17(22)20-16-11-10-13(19)12-15(16)18(23)24;1-2/h4,6-12H,5H2,1-3H3,(H,20,22)(H,23,24);1-2H3/b7-4-,9-6+,14-8+;. The quantitative estimate of drug-likeness (QED) is 0.474. The fraction of sp³-hybridized carbons (Fsp3) is 0.300. The van der Waals surface area contributed by atoms with Crippen molar-refractivity contribution >= 4 is 33.5 Å². The van der Waals surface area contributed by atoms with E-state index in [4.69, 9.17) is 0 Å². The number of hydrogen-bond donors (Lipinski definition) is 2. The molecule has 0 spiro atoms. The number of carboxylic acid groups (broad SMARTS) is 1. The Morgan fingerprint density at radius 1 is 1.27 bits per heavy atom. The molecule has 0 heterocycles. The van der Waals surface area contributed by atoms with Gasteiger partial charge in [-0.05, 0) is 44.2 Å². The summed E-state index contributed by atoms with van der Waals surface area (Å²) in [5, 5.41) is 11.8. The summed E-state index contributed by atoms with van der Waals surface area (Å²) in [6.45, 7) is 8.81. The van der Waals surface area contributed by atoms with Gasteiger partial charge >= 0.3 is 5.97 Å². The smallest absolute Gasteiger partial charge is 0.337 e. The molecule has 1 rings (SSSR count). The number of nitrogens with zero attached hydrogens (tertiary/aromatic N) is 1. The van der Waals surface area contributed by atoms with Crippen molar-refractivity contribution in [3.05, 3.63) is 64.3 Å². The molecule has 0 aliphatic rings. The van der Waals surface area contributed by atoms with Crippen molar-refractivity contribution in [1.82, 2.24) is 4.90 Å². The van der Waals surface area contributed by atoms with Crippen molar-refractivity contribution in [2.24, 2.45) is 0 Å². The molecule has 1 aromatic carbocycles. The zero-order chi connectivity index (χ0) is 20.1. The summed E-state index contributed by atoms with van der Waals surface area (Å²) in [7, 11) is 1.96. The molecular formula is C20H27BrN2O3. The summed E-state index contributed by atoms with van der Waals surface area (Å²) < 4.78 is 0.634. The highest BCUT2D eigenvalue weighted by atomic mass is 79.9. The van der Waals surface area contributed by atoms with Gasteiger partial charge in [0.15, 0.2) is 0 Å². The minimum Gasteiger partial charge on any atom is -0.478 e. The molecule has 1 amide bonds. The van der Waals surface area contributed by atoms with Crippen LogP contribution in [0.1, 0.15) is 38.1 Å². The number of hydrogen-bond acceptors (Lipinski definition) is 3. The Kier molecular flexibility index (Phi) is 11.8. The van der Waals surface area contributed by atoms with Crippen LogP contribution in [0.3, 0.4) is 0 Å². The molecule has 5 nitrogen and oxygen atoms in total. The van der Waals surface area contributed by atoms with E-state index in [1.165, 1.54) is 12.1 Å². The molecule has 0 unspecified atom stereocenters. The van der Waals surface area contributed by atoms with E-state index in [1.807, 2.05) is 57.9 Å². The summed E-state index contributed by atoms with van der Waals surface area (Å²) in [5.41, 5.74) is 1.25. The number of carboxylic acids is 1. The minimum absolute atomic E-state index is 0.0296. The Morgan fingerprint density at radius 2 is 1.92 bits per heavy atom. The molecule has 0 aliphatic heterocycles. The Labute approximate surface area is 164 Å². The van der Waals surface area contributed by atoms with Crippen LogP contribution < -0.4 is 5.32 Å². The minimum atomic E-state index is -1.10. The van der Waals surface area contributed by atoms with Crippen LogP contribution >= 0.6 is 15.9 Å². The highest BCUT2D eigenvalue weighted by Gasteiger charge is 2.11. The molecule has 2 N–H and O–H groups in total. The fourth-order valence-corrected chi connectivity index (χ4v) is 2.24. The van der Waals surface area contributed by atoms with E-state index in [1.54, 1.807) is 18.2 Å². The number of benzene rings is 1. The largest absolute Gasteiger partial charge is 0.478 e. The summed E-state index contributed by atoms with van der Waals surface area (Å²) in [5.74, 6) is -1.49. The van der Waals surface area contributed by atoms with Crippen molar-refractivity contribution in [1.29, 1.82) is 0 Å². The Hall–Kier alpha value is -2.34. The van der Waals surface area contributed by atoms with Gasteiger partial charge in [-0.25, -0.2) is 4.79 Å². The first kappa shape index (κ1) is 23.7. The predicted octanol–water partition coefficient (Wildman–Crippen LogP) is 5.08. The van der Waals surface area contributed by atoms with Gasteiger partial charge in [-0.3, -0.25) is 4.79 Å². The SMILES string of the molecule is CC.C\C=C/C(=C\C=C\C(=O)Nc1ccc(Br)cc1C(=O)O)N(C)CC. The lowest BCUT2D eigenvalue weighted by Gasteiger charge is -2.17. The molecule has 0 aliphatic carbocycles. The van der Waals surface area contributed by atoms with E-state index >= 15 is 0 Å². The number of anilines is 1. The number of allylic oxidation sites excluding steroid dienone is 4. The molecule has 6 heteroatoms. The van der Waals surface area contributed by atoms with Gasteiger partial charge in [0.05, 0.1) is 11.3 Å². The monoisotopic (exact) mass is 422 g/mol. The van der Waals surface area contributed by atoms with Gasteiger partial charge in [0.2, 0.25) is 5.91 Å². The number of carbonyl (C=O) groups excluding carboxylic acids is 1. The van der Waals surface area contributed by atoms with Gasteiger partial charge in [-0.1, -0.05) is 41.9 Å². The number of carbonyl (C=O) groups is 2. The van der Waals surface area contributed by atoms with Crippen LogP contribution in [0.15, 0.2) is 58.7 Å². The van der Waals surface area contributed by atoms with E-state index < -0.39 is 11.9 Å². The van der Waals surface area contributed by atoms with Crippen LogP contribution in [0.25, 0.3) is 0 Å². The molecule has 26 heavy (non-hydrogen) atoms. The van der Waals surface area contributed by atoms with Gasteiger partial charge in [0.1, 0.15) is 0 Å². The molecule has 142 valence electrons. The lowest BCUT2D eigenvalue weighted by Crippen LogP contribution is -2.15. The lowest BCUT2D eigenvalue weighted by atomic mass is 10.2. The van der Waals surface area contributed by atoms with Crippen LogP contribution in [0.4, 0.5) is 5.69 Å². The van der Waals surface area contributed by atoms with Crippen LogP contribution in [0.5, 0.6) is 0 Å². The van der Waals surface area contributed by atoms with Crippen molar-refractivity contribution in [3.8, 4) is 0 Å². The van der Waals surface area contributed by atoms with Crippen molar-refractivity contribution < 1.29 is 14.7 Å². The Balaban J connectivity index is 0.00000301. The number of nitrogens with one attached hydrogen (secondary N) is 1. The predicted molar refractivity (Wildman–Crippen MR) is 111 cm³/mol. The van der Waals surface area contributed by atoms with Crippen LogP contribution in [-0.4, -0.2) is 35.5 Å². The summed E-state index contributed by atoms with van der Waals surface area (Å²) in [6.07, 6.45) is 8.69. The molecule has 0 bridgehead atoms. The second kappa shape index (κ2) is 12.9. The van der Waals surface area contributed by atoms with Gasteiger partial charge < -0.3 is 15.3 Å².